The Balaban J connectivity index is 1.74. The van der Waals surface area contributed by atoms with Gasteiger partial charge in [0.05, 0.1) is 18.2 Å². The van der Waals surface area contributed by atoms with Gasteiger partial charge >= 0.3 is 0 Å². The van der Waals surface area contributed by atoms with E-state index in [-0.39, 0.29) is 11.9 Å². The SMILES string of the molecule is Cc1cnccc1-c1cnc(N(C)C)nc1C1CCCCN1C(=O)Cc1cccc(Cl)c1. The standard InChI is InChI=1S/C25H28ClN5O/c1-17-15-27-11-10-20(17)21-16-28-25(30(2)3)29-24(21)22-9-4-5-12-31(22)23(32)14-18-7-6-8-19(26)13-18/h6-8,10-11,13,15-16,22H,4-5,9,12,14H2,1-3H3. The van der Waals surface area contributed by atoms with Gasteiger partial charge in [-0.25, -0.2) is 9.97 Å². The Labute approximate surface area is 194 Å². The Morgan fingerprint density at radius 3 is 2.78 bits per heavy atom. The second kappa shape index (κ2) is 9.65. The molecular formula is C25H28ClN5O. The molecule has 0 radical (unpaired) electrons. The van der Waals surface area contributed by atoms with Crippen LogP contribution in [0.5, 0.6) is 0 Å². The minimum Gasteiger partial charge on any atom is -0.347 e. The summed E-state index contributed by atoms with van der Waals surface area (Å²) in [5.74, 6) is 0.739. The van der Waals surface area contributed by atoms with Gasteiger partial charge in [0.15, 0.2) is 0 Å². The van der Waals surface area contributed by atoms with Gasteiger partial charge in [-0.05, 0) is 61.1 Å². The average molecular weight is 450 g/mol. The van der Waals surface area contributed by atoms with Gasteiger partial charge in [0.1, 0.15) is 0 Å². The molecule has 32 heavy (non-hydrogen) atoms. The van der Waals surface area contributed by atoms with Crippen molar-refractivity contribution in [1.82, 2.24) is 19.9 Å². The van der Waals surface area contributed by atoms with Crippen LogP contribution in [0.2, 0.25) is 5.02 Å². The third-order valence-electron chi connectivity index (χ3n) is 5.90. The molecule has 166 valence electrons. The number of amides is 1. The first-order valence-corrected chi connectivity index (χ1v) is 11.3. The van der Waals surface area contributed by atoms with Crippen LogP contribution in [0.15, 0.2) is 48.9 Å². The van der Waals surface area contributed by atoms with E-state index in [1.165, 1.54) is 0 Å². The van der Waals surface area contributed by atoms with E-state index in [2.05, 4.69) is 9.97 Å². The fraction of sp³-hybridized carbons (Fsp3) is 0.360. The summed E-state index contributed by atoms with van der Waals surface area (Å²) in [6.45, 7) is 2.76. The molecule has 0 aliphatic carbocycles. The van der Waals surface area contributed by atoms with Crippen molar-refractivity contribution in [3.05, 3.63) is 70.8 Å². The molecule has 1 aliphatic rings. The minimum absolute atomic E-state index is 0.0967. The van der Waals surface area contributed by atoms with Crippen LogP contribution in [0, 0.1) is 6.92 Å². The van der Waals surface area contributed by atoms with Gasteiger partial charge in [-0.2, -0.15) is 0 Å². The van der Waals surface area contributed by atoms with Crippen molar-refractivity contribution in [1.29, 1.82) is 0 Å². The van der Waals surface area contributed by atoms with E-state index in [0.717, 1.165) is 53.8 Å². The molecule has 1 aromatic carbocycles. The van der Waals surface area contributed by atoms with Crippen molar-refractivity contribution in [2.45, 2.75) is 38.6 Å². The summed E-state index contributed by atoms with van der Waals surface area (Å²) >= 11 is 6.14. The molecule has 3 aromatic rings. The highest BCUT2D eigenvalue weighted by molar-refractivity contribution is 6.30. The van der Waals surface area contributed by atoms with Crippen LogP contribution < -0.4 is 4.90 Å². The van der Waals surface area contributed by atoms with Crippen LogP contribution in [0.25, 0.3) is 11.1 Å². The predicted octanol–water partition coefficient (Wildman–Crippen LogP) is 4.86. The second-order valence-corrected chi connectivity index (χ2v) is 8.90. The van der Waals surface area contributed by atoms with Crippen molar-refractivity contribution in [3.8, 4) is 11.1 Å². The van der Waals surface area contributed by atoms with Crippen LogP contribution in [0.1, 0.15) is 42.1 Å². The lowest BCUT2D eigenvalue weighted by atomic mass is 9.92. The summed E-state index contributed by atoms with van der Waals surface area (Å²) in [7, 11) is 3.86. The number of hydrogen-bond donors (Lipinski definition) is 0. The van der Waals surface area contributed by atoms with Crippen molar-refractivity contribution >= 4 is 23.5 Å². The minimum atomic E-state index is -0.0975. The molecule has 0 N–H and O–H groups in total. The van der Waals surface area contributed by atoms with Crippen LogP contribution in [-0.2, 0) is 11.2 Å². The van der Waals surface area contributed by atoms with Gasteiger partial charge in [0, 0.05) is 49.8 Å². The van der Waals surface area contributed by atoms with Crippen molar-refractivity contribution < 1.29 is 4.79 Å². The highest BCUT2D eigenvalue weighted by Gasteiger charge is 2.31. The summed E-state index contributed by atoms with van der Waals surface area (Å²) < 4.78 is 0. The molecule has 1 unspecified atom stereocenters. The molecule has 1 aliphatic heterocycles. The van der Waals surface area contributed by atoms with Crippen LogP contribution >= 0.6 is 11.6 Å². The van der Waals surface area contributed by atoms with Crippen LogP contribution in [0.3, 0.4) is 0 Å². The van der Waals surface area contributed by atoms with Crippen LogP contribution in [-0.4, -0.2) is 46.4 Å². The van der Waals surface area contributed by atoms with E-state index in [1.807, 2.05) is 73.5 Å². The van der Waals surface area contributed by atoms with Gasteiger partial charge in [-0.1, -0.05) is 23.7 Å². The quantitative estimate of drug-likeness (QED) is 0.556. The number of rotatable bonds is 5. The molecule has 4 rings (SSSR count). The van der Waals surface area contributed by atoms with Crippen molar-refractivity contribution in [2.24, 2.45) is 0 Å². The van der Waals surface area contributed by atoms with Gasteiger partial charge in [0.2, 0.25) is 11.9 Å². The van der Waals surface area contributed by atoms with Gasteiger partial charge in [-0.15, -0.1) is 0 Å². The van der Waals surface area contributed by atoms with E-state index in [4.69, 9.17) is 16.6 Å². The van der Waals surface area contributed by atoms with E-state index >= 15 is 0 Å². The zero-order valence-corrected chi connectivity index (χ0v) is 19.5. The summed E-state index contributed by atoms with van der Waals surface area (Å²) in [6.07, 6.45) is 8.77. The molecule has 1 fully saturated rings. The molecule has 1 amide bonds. The molecule has 7 heteroatoms. The number of aromatic nitrogens is 3. The first-order chi connectivity index (χ1) is 15.4. The van der Waals surface area contributed by atoms with E-state index in [9.17, 15) is 4.79 Å². The number of anilines is 1. The Hall–Kier alpha value is -2.99. The molecule has 3 heterocycles. The lowest BCUT2D eigenvalue weighted by molar-refractivity contribution is -0.134. The second-order valence-electron chi connectivity index (χ2n) is 8.46. The third kappa shape index (κ3) is 4.75. The highest BCUT2D eigenvalue weighted by atomic mass is 35.5. The van der Waals surface area contributed by atoms with E-state index < -0.39 is 0 Å². The topological polar surface area (TPSA) is 62.2 Å². The Bertz CT molecular complexity index is 1120. The summed E-state index contributed by atoms with van der Waals surface area (Å²) in [5, 5.41) is 0.646. The summed E-state index contributed by atoms with van der Waals surface area (Å²) in [5.41, 5.74) is 4.89. The molecule has 1 saturated heterocycles. The average Bonchev–Trinajstić information content (AvgIpc) is 2.79. The fourth-order valence-corrected chi connectivity index (χ4v) is 4.49. The largest absolute Gasteiger partial charge is 0.347 e. The molecular weight excluding hydrogens is 422 g/mol. The Morgan fingerprint density at radius 2 is 2.03 bits per heavy atom. The van der Waals surface area contributed by atoms with Gasteiger partial charge in [-0.3, -0.25) is 9.78 Å². The van der Waals surface area contributed by atoms with Crippen molar-refractivity contribution in [2.75, 3.05) is 25.5 Å². The normalized spacial score (nSPS) is 16.1. The zero-order valence-electron chi connectivity index (χ0n) is 18.8. The molecule has 6 nitrogen and oxygen atoms in total. The smallest absolute Gasteiger partial charge is 0.227 e. The van der Waals surface area contributed by atoms with E-state index in [0.29, 0.717) is 17.4 Å². The van der Waals surface area contributed by atoms with Gasteiger partial charge < -0.3 is 9.80 Å². The lowest BCUT2D eigenvalue weighted by Crippen LogP contribution is -2.40. The number of aryl methyl sites for hydroxylation is 1. The maximum absolute atomic E-state index is 13.4. The number of halogens is 1. The van der Waals surface area contributed by atoms with Gasteiger partial charge in [0.25, 0.3) is 0 Å². The number of likely N-dealkylation sites (tertiary alicyclic amines) is 1. The first kappa shape index (κ1) is 22.2. The highest BCUT2D eigenvalue weighted by Crippen LogP contribution is 2.37. The third-order valence-corrected chi connectivity index (χ3v) is 6.13. The predicted molar refractivity (Wildman–Crippen MR) is 128 cm³/mol. The molecule has 0 bridgehead atoms. The lowest BCUT2D eigenvalue weighted by Gasteiger charge is -2.36. The zero-order chi connectivity index (χ0) is 22.7. The Kier molecular flexibility index (Phi) is 6.70. The molecule has 0 saturated carbocycles. The first-order valence-electron chi connectivity index (χ1n) is 10.9. The summed E-state index contributed by atoms with van der Waals surface area (Å²) in [6, 6.07) is 9.42. The maximum atomic E-state index is 13.4. The molecule has 2 aromatic heterocycles. The van der Waals surface area contributed by atoms with Crippen LogP contribution in [0.4, 0.5) is 5.95 Å². The maximum Gasteiger partial charge on any atom is 0.227 e. The monoisotopic (exact) mass is 449 g/mol. The number of benzene rings is 1. The number of carbonyl (C=O) groups excluding carboxylic acids is 1. The number of nitrogens with zero attached hydrogens (tertiary/aromatic N) is 5. The number of pyridine rings is 1. The van der Waals surface area contributed by atoms with E-state index in [1.54, 1.807) is 6.20 Å². The molecule has 1 atom stereocenters. The molecule has 0 spiro atoms. The number of piperidine rings is 1. The summed E-state index contributed by atoms with van der Waals surface area (Å²) in [4.78, 5) is 31.1. The number of carbonyl (C=O) groups is 1. The van der Waals surface area contributed by atoms with Crippen molar-refractivity contribution in [3.63, 3.8) is 0 Å². The number of hydrogen-bond acceptors (Lipinski definition) is 5. The Morgan fingerprint density at radius 1 is 1.19 bits per heavy atom. The fourth-order valence-electron chi connectivity index (χ4n) is 4.28.